The van der Waals surface area contributed by atoms with Gasteiger partial charge in [0.1, 0.15) is 5.37 Å². The Hall–Kier alpha value is -1.61. The van der Waals surface area contributed by atoms with Gasteiger partial charge in [-0.05, 0) is 31.5 Å². The molecule has 2 N–H and O–H groups in total. The predicted molar refractivity (Wildman–Crippen MR) is 101 cm³/mol. The maximum absolute atomic E-state index is 12.5. The summed E-state index contributed by atoms with van der Waals surface area (Å²) in [4.78, 5) is 27.9. The summed E-state index contributed by atoms with van der Waals surface area (Å²) in [5, 5.41) is 5.57. The Morgan fingerprint density at radius 2 is 2.23 bits per heavy atom. The highest BCUT2D eigenvalue weighted by Gasteiger charge is 2.33. The summed E-state index contributed by atoms with van der Waals surface area (Å²) < 4.78 is 10.6. The zero-order valence-corrected chi connectivity index (χ0v) is 15.8. The highest BCUT2D eigenvalue weighted by atomic mass is 32.2. The minimum absolute atomic E-state index is 0.0429. The van der Waals surface area contributed by atoms with E-state index in [4.69, 9.17) is 9.47 Å². The van der Waals surface area contributed by atoms with Gasteiger partial charge in [0.2, 0.25) is 0 Å². The van der Waals surface area contributed by atoms with Crippen molar-refractivity contribution in [1.82, 2.24) is 10.2 Å². The minimum atomic E-state index is -0.246. The van der Waals surface area contributed by atoms with Crippen molar-refractivity contribution < 1.29 is 19.1 Å². The topological polar surface area (TPSA) is 79.9 Å². The van der Waals surface area contributed by atoms with E-state index in [1.807, 2.05) is 13.0 Å². The number of morpholine rings is 1. The molecule has 0 saturated carbocycles. The first-order valence-corrected chi connectivity index (χ1v) is 9.86. The summed E-state index contributed by atoms with van der Waals surface area (Å²) in [5.74, 6) is -0.183. The summed E-state index contributed by atoms with van der Waals surface area (Å²) >= 11 is 1.53. The lowest BCUT2D eigenvalue weighted by Gasteiger charge is -2.35. The van der Waals surface area contributed by atoms with Crippen molar-refractivity contribution in [1.29, 1.82) is 0 Å². The first-order valence-electron chi connectivity index (χ1n) is 8.98. The number of carbonyl (C=O) groups excluding carboxylic acids is 2. The van der Waals surface area contributed by atoms with Crippen LogP contribution >= 0.6 is 11.8 Å². The number of hydrogen-bond donors (Lipinski definition) is 2. The average molecular weight is 379 g/mol. The van der Waals surface area contributed by atoms with Crippen LogP contribution in [0.3, 0.4) is 0 Å². The fraction of sp³-hybridized carbons (Fsp3) is 0.556. The van der Waals surface area contributed by atoms with Crippen molar-refractivity contribution >= 4 is 29.3 Å². The van der Waals surface area contributed by atoms with Gasteiger partial charge in [-0.1, -0.05) is 11.8 Å². The molecule has 2 heterocycles. The molecule has 0 radical (unpaired) electrons. The number of thioether (sulfide) groups is 1. The number of amides is 2. The van der Waals surface area contributed by atoms with Gasteiger partial charge in [-0.3, -0.25) is 14.5 Å². The average Bonchev–Trinajstić information content (AvgIpc) is 2.67. The van der Waals surface area contributed by atoms with Gasteiger partial charge in [-0.15, -0.1) is 0 Å². The van der Waals surface area contributed by atoms with Crippen molar-refractivity contribution in [3.8, 4) is 0 Å². The molecule has 0 aliphatic carbocycles. The third-order valence-corrected chi connectivity index (χ3v) is 5.64. The molecule has 2 amide bonds. The lowest BCUT2D eigenvalue weighted by Crippen LogP contribution is -2.48. The van der Waals surface area contributed by atoms with Gasteiger partial charge < -0.3 is 20.1 Å². The number of benzene rings is 1. The van der Waals surface area contributed by atoms with E-state index in [9.17, 15) is 9.59 Å². The van der Waals surface area contributed by atoms with Crippen molar-refractivity contribution in [2.75, 3.05) is 51.4 Å². The lowest BCUT2D eigenvalue weighted by atomic mass is 10.1. The van der Waals surface area contributed by atoms with Crippen molar-refractivity contribution in [3.63, 3.8) is 0 Å². The Morgan fingerprint density at radius 1 is 1.42 bits per heavy atom. The zero-order chi connectivity index (χ0) is 18.4. The number of hydrogen-bond acceptors (Lipinski definition) is 6. The van der Waals surface area contributed by atoms with Gasteiger partial charge in [0.15, 0.2) is 0 Å². The van der Waals surface area contributed by atoms with E-state index in [-0.39, 0.29) is 17.2 Å². The second kappa shape index (κ2) is 9.36. The summed E-state index contributed by atoms with van der Waals surface area (Å²) in [6.45, 7) is 6.64. The highest BCUT2D eigenvalue weighted by molar-refractivity contribution is 8.00. The van der Waals surface area contributed by atoms with Crippen molar-refractivity contribution in [3.05, 3.63) is 23.8 Å². The van der Waals surface area contributed by atoms with Gasteiger partial charge in [-0.2, -0.15) is 0 Å². The third kappa shape index (κ3) is 4.76. The lowest BCUT2D eigenvalue weighted by molar-refractivity contribution is -0.119. The molecule has 0 aromatic heterocycles. The molecule has 2 aliphatic rings. The molecule has 2 aliphatic heterocycles. The van der Waals surface area contributed by atoms with Crippen LogP contribution in [0.5, 0.6) is 0 Å². The van der Waals surface area contributed by atoms with E-state index in [1.165, 1.54) is 11.8 Å². The molecule has 0 bridgehead atoms. The van der Waals surface area contributed by atoms with Crippen LogP contribution in [0.4, 0.5) is 5.69 Å². The second-order valence-corrected chi connectivity index (χ2v) is 7.25. The Labute approximate surface area is 157 Å². The molecule has 1 fully saturated rings. The second-order valence-electron chi connectivity index (χ2n) is 6.13. The Balaban J connectivity index is 1.59. The van der Waals surface area contributed by atoms with Crippen molar-refractivity contribution in [2.45, 2.75) is 23.6 Å². The fourth-order valence-corrected chi connectivity index (χ4v) is 4.06. The van der Waals surface area contributed by atoms with E-state index in [1.54, 1.807) is 12.1 Å². The number of ether oxygens (including phenoxy) is 2. The number of nitrogens with one attached hydrogen (secondary N) is 2. The summed E-state index contributed by atoms with van der Waals surface area (Å²) in [6.07, 6.45) is 0.776. The molecule has 3 rings (SSSR count). The first kappa shape index (κ1) is 19.2. The molecule has 1 aromatic rings. The maximum atomic E-state index is 12.5. The molecule has 1 atom stereocenters. The Bertz CT molecular complexity index is 649. The van der Waals surface area contributed by atoms with Gasteiger partial charge in [0, 0.05) is 43.3 Å². The van der Waals surface area contributed by atoms with Crippen molar-refractivity contribution in [2.24, 2.45) is 0 Å². The van der Waals surface area contributed by atoms with E-state index in [2.05, 4.69) is 15.5 Å². The van der Waals surface area contributed by atoms with Crippen LogP contribution < -0.4 is 10.6 Å². The molecule has 1 saturated heterocycles. The van der Waals surface area contributed by atoms with E-state index < -0.39 is 0 Å². The first-order chi connectivity index (χ1) is 12.7. The minimum Gasteiger partial charge on any atom is -0.382 e. The summed E-state index contributed by atoms with van der Waals surface area (Å²) in [5.41, 5.74) is 1.25. The standard InChI is InChI=1S/C18H25N3O4S/c1-2-24-9-3-6-19-16(22)13-4-5-15-14(12-13)20-17(23)18(26-15)21-7-10-25-11-8-21/h4-5,12,18H,2-3,6-11H2,1H3,(H,19,22)(H,20,23)/t18-/m1/s1. The normalized spacial score (nSPS) is 20.3. The molecular weight excluding hydrogens is 354 g/mol. The van der Waals surface area contributed by atoms with E-state index in [0.29, 0.717) is 44.2 Å². The molecule has 8 heteroatoms. The molecule has 7 nitrogen and oxygen atoms in total. The van der Waals surface area contributed by atoms with E-state index >= 15 is 0 Å². The largest absolute Gasteiger partial charge is 0.382 e. The van der Waals surface area contributed by atoms with Crippen LogP contribution in [0, 0.1) is 0 Å². The Kier molecular flexibility index (Phi) is 6.90. The summed E-state index contributed by atoms with van der Waals surface area (Å²) in [7, 11) is 0. The highest BCUT2D eigenvalue weighted by Crippen LogP contribution is 2.37. The van der Waals surface area contributed by atoms with Gasteiger partial charge >= 0.3 is 0 Å². The van der Waals surface area contributed by atoms with Gasteiger partial charge in [0.05, 0.1) is 18.9 Å². The quantitative estimate of drug-likeness (QED) is 0.700. The third-order valence-electron chi connectivity index (χ3n) is 4.29. The molecule has 1 aromatic carbocycles. The summed E-state index contributed by atoms with van der Waals surface area (Å²) in [6, 6.07) is 5.45. The number of rotatable bonds is 7. The smallest absolute Gasteiger partial charge is 0.252 e. The fourth-order valence-electron chi connectivity index (χ4n) is 2.91. The number of carbonyl (C=O) groups is 2. The molecular formula is C18H25N3O4S. The SMILES string of the molecule is CCOCCCNC(=O)c1ccc2c(c1)NC(=O)[C@H](N1CCOCC1)S2. The molecule has 142 valence electrons. The molecule has 0 unspecified atom stereocenters. The van der Waals surface area contributed by atoms with Crippen LogP contribution in [-0.4, -0.2) is 68.1 Å². The van der Waals surface area contributed by atoms with Crippen LogP contribution in [0.1, 0.15) is 23.7 Å². The maximum Gasteiger partial charge on any atom is 0.252 e. The zero-order valence-electron chi connectivity index (χ0n) is 15.0. The van der Waals surface area contributed by atoms with Crippen LogP contribution in [-0.2, 0) is 14.3 Å². The van der Waals surface area contributed by atoms with Gasteiger partial charge in [-0.25, -0.2) is 0 Å². The van der Waals surface area contributed by atoms with Crippen LogP contribution in [0.25, 0.3) is 0 Å². The van der Waals surface area contributed by atoms with Gasteiger partial charge in [0.25, 0.3) is 11.8 Å². The number of fused-ring (bicyclic) bond motifs is 1. The van der Waals surface area contributed by atoms with Crippen LogP contribution in [0.2, 0.25) is 0 Å². The monoisotopic (exact) mass is 379 g/mol. The molecule has 26 heavy (non-hydrogen) atoms. The predicted octanol–water partition coefficient (Wildman–Crippen LogP) is 1.55. The Morgan fingerprint density at radius 3 is 3.00 bits per heavy atom. The number of nitrogens with zero attached hydrogens (tertiary/aromatic N) is 1. The molecule has 0 spiro atoms. The number of anilines is 1. The van der Waals surface area contributed by atoms with E-state index in [0.717, 1.165) is 24.4 Å². The van der Waals surface area contributed by atoms with Crippen LogP contribution in [0.15, 0.2) is 23.1 Å².